The van der Waals surface area contributed by atoms with Gasteiger partial charge in [-0.3, -0.25) is 14.4 Å². The molecule has 0 spiro atoms. The van der Waals surface area contributed by atoms with E-state index in [1.165, 1.54) is 7.11 Å². The number of carboxylic acid groups (broad SMARTS) is 1. The van der Waals surface area contributed by atoms with Crippen molar-refractivity contribution in [1.82, 2.24) is 4.90 Å². The Balaban J connectivity index is 1.81. The zero-order valence-corrected chi connectivity index (χ0v) is 15.2. The van der Waals surface area contributed by atoms with Crippen LogP contribution in [0.5, 0.6) is 5.75 Å². The van der Waals surface area contributed by atoms with Crippen LogP contribution in [0.3, 0.4) is 0 Å². The number of nitrogens with zero attached hydrogens (tertiary/aromatic N) is 1. The fraction of sp³-hybridized carbons (Fsp3) is 0.526. The molecule has 1 saturated heterocycles. The van der Waals surface area contributed by atoms with Gasteiger partial charge in [-0.05, 0) is 37.1 Å². The van der Waals surface area contributed by atoms with Crippen molar-refractivity contribution in [2.45, 2.75) is 25.7 Å². The highest BCUT2D eigenvalue weighted by molar-refractivity contribution is 5.96. The zero-order valence-electron chi connectivity index (χ0n) is 15.2. The molecule has 0 saturated carbocycles. The second-order valence-electron chi connectivity index (χ2n) is 6.59. The quantitative estimate of drug-likeness (QED) is 0.675. The van der Waals surface area contributed by atoms with E-state index in [-0.39, 0.29) is 37.7 Å². The lowest BCUT2D eigenvalue weighted by Crippen LogP contribution is -2.40. The Hall–Kier alpha value is -2.41. The molecule has 0 aliphatic carbocycles. The summed E-state index contributed by atoms with van der Waals surface area (Å²) in [7, 11) is 3.02. The van der Waals surface area contributed by atoms with Crippen molar-refractivity contribution in [3.05, 3.63) is 29.8 Å². The third kappa shape index (κ3) is 4.60. The van der Waals surface area contributed by atoms with Crippen molar-refractivity contribution in [1.29, 1.82) is 0 Å². The van der Waals surface area contributed by atoms with E-state index in [0.29, 0.717) is 30.7 Å². The first-order valence-electron chi connectivity index (χ1n) is 8.59. The predicted molar refractivity (Wildman–Crippen MR) is 94.3 cm³/mol. The molecule has 7 nitrogen and oxygen atoms in total. The molecule has 1 aliphatic rings. The molecule has 26 heavy (non-hydrogen) atoms. The van der Waals surface area contributed by atoms with Crippen LogP contribution < -0.4 is 4.74 Å². The van der Waals surface area contributed by atoms with E-state index in [0.717, 1.165) is 0 Å². The topological polar surface area (TPSA) is 93.1 Å². The van der Waals surface area contributed by atoms with E-state index in [1.807, 2.05) is 0 Å². The number of likely N-dealkylation sites (tertiary alicyclic amines) is 1. The van der Waals surface area contributed by atoms with Gasteiger partial charge in [0, 0.05) is 38.6 Å². The number of ketones is 1. The number of carboxylic acids is 1. The Morgan fingerprint density at radius 2 is 1.85 bits per heavy atom. The summed E-state index contributed by atoms with van der Waals surface area (Å²) in [5, 5.41) is 9.44. The van der Waals surface area contributed by atoms with Crippen LogP contribution in [0.15, 0.2) is 24.3 Å². The molecule has 7 heteroatoms. The van der Waals surface area contributed by atoms with Crippen molar-refractivity contribution >= 4 is 17.7 Å². The fourth-order valence-electron chi connectivity index (χ4n) is 3.20. The van der Waals surface area contributed by atoms with E-state index >= 15 is 0 Å². The van der Waals surface area contributed by atoms with E-state index in [2.05, 4.69) is 0 Å². The third-order valence-electron chi connectivity index (χ3n) is 4.79. The minimum absolute atomic E-state index is 0.0267. The monoisotopic (exact) mass is 363 g/mol. The van der Waals surface area contributed by atoms with Crippen LogP contribution >= 0.6 is 0 Å². The lowest BCUT2D eigenvalue weighted by Gasteiger charge is -2.23. The summed E-state index contributed by atoms with van der Waals surface area (Å²) in [6.07, 6.45) is 1.32. The summed E-state index contributed by atoms with van der Waals surface area (Å²) < 4.78 is 10.1. The van der Waals surface area contributed by atoms with Gasteiger partial charge in [-0.15, -0.1) is 0 Å². The lowest BCUT2D eigenvalue weighted by molar-refractivity contribution is -0.151. The maximum Gasteiger partial charge on any atom is 0.313 e. The molecule has 1 aliphatic heterocycles. The van der Waals surface area contributed by atoms with Crippen LogP contribution in [0.1, 0.15) is 36.0 Å². The smallest absolute Gasteiger partial charge is 0.313 e. The molecule has 1 heterocycles. The molecule has 1 fully saturated rings. The van der Waals surface area contributed by atoms with Gasteiger partial charge in [-0.25, -0.2) is 0 Å². The zero-order chi connectivity index (χ0) is 19.2. The summed E-state index contributed by atoms with van der Waals surface area (Å²) in [5.74, 6) is -0.402. The average Bonchev–Trinajstić information content (AvgIpc) is 3.07. The van der Waals surface area contributed by atoms with Crippen LogP contribution in [0.2, 0.25) is 0 Å². The molecule has 0 bridgehead atoms. The van der Waals surface area contributed by atoms with Gasteiger partial charge in [0.05, 0.1) is 13.7 Å². The Morgan fingerprint density at radius 3 is 2.42 bits per heavy atom. The van der Waals surface area contributed by atoms with Gasteiger partial charge >= 0.3 is 5.97 Å². The number of amides is 1. The highest BCUT2D eigenvalue weighted by Gasteiger charge is 2.46. The largest absolute Gasteiger partial charge is 0.497 e. The fourth-order valence-corrected chi connectivity index (χ4v) is 3.20. The molecule has 2 rings (SSSR count). The second-order valence-corrected chi connectivity index (χ2v) is 6.59. The van der Waals surface area contributed by atoms with Gasteiger partial charge in [0.2, 0.25) is 5.91 Å². The molecule has 1 atom stereocenters. The highest BCUT2D eigenvalue weighted by atomic mass is 16.5. The first kappa shape index (κ1) is 19.9. The lowest BCUT2D eigenvalue weighted by atomic mass is 9.88. The molecule has 1 aromatic carbocycles. The van der Waals surface area contributed by atoms with E-state index in [1.54, 1.807) is 36.3 Å². The summed E-state index contributed by atoms with van der Waals surface area (Å²) in [6, 6.07) is 6.86. The van der Waals surface area contributed by atoms with E-state index in [9.17, 15) is 19.5 Å². The van der Waals surface area contributed by atoms with Crippen LogP contribution in [-0.2, 0) is 14.3 Å². The van der Waals surface area contributed by atoms with E-state index < -0.39 is 11.4 Å². The standard InChI is InChI=1S/C19H25NO6/c1-25-13-19(18(23)24)10-11-20(12-19)17(22)5-3-4-16(21)14-6-8-15(26-2)9-7-14/h6-9H,3-5,10-13H2,1-2H3,(H,23,24). The van der Waals surface area contributed by atoms with Crippen molar-refractivity contribution < 1.29 is 29.0 Å². The number of Topliss-reactive ketones (excluding diaryl/α,β-unsaturated/α-hetero) is 1. The molecule has 1 aromatic rings. The summed E-state index contributed by atoms with van der Waals surface area (Å²) in [5.41, 5.74) is -0.437. The highest BCUT2D eigenvalue weighted by Crippen LogP contribution is 2.31. The number of carbonyl (C=O) groups excluding carboxylic acids is 2. The molecule has 0 radical (unpaired) electrons. The van der Waals surface area contributed by atoms with Crippen LogP contribution in [-0.4, -0.2) is 61.6 Å². The Kier molecular flexibility index (Phi) is 6.74. The number of benzene rings is 1. The normalized spacial score (nSPS) is 19.4. The molecular weight excluding hydrogens is 338 g/mol. The molecule has 1 unspecified atom stereocenters. The summed E-state index contributed by atoms with van der Waals surface area (Å²) in [6.45, 7) is 0.643. The van der Waals surface area contributed by atoms with E-state index in [4.69, 9.17) is 9.47 Å². The van der Waals surface area contributed by atoms with Crippen LogP contribution in [0.4, 0.5) is 0 Å². The van der Waals surface area contributed by atoms with Gasteiger partial charge in [0.25, 0.3) is 0 Å². The molecule has 142 valence electrons. The predicted octanol–water partition coefficient (Wildman–Crippen LogP) is 2.00. The summed E-state index contributed by atoms with van der Waals surface area (Å²) >= 11 is 0. The number of methoxy groups -OCH3 is 2. The van der Waals surface area contributed by atoms with Gasteiger partial charge in [-0.2, -0.15) is 0 Å². The third-order valence-corrected chi connectivity index (χ3v) is 4.79. The van der Waals surface area contributed by atoms with Crippen molar-refractivity contribution in [3.8, 4) is 5.75 Å². The minimum atomic E-state index is -1.02. The van der Waals surface area contributed by atoms with Gasteiger partial charge in [-0.1, -0.05) is 0 Å². The van der Waals surface area contributed by atoms with Gasteiger partial charge in [0.1, 0.15) is 11.2 Å². The number of hydrogen-bond donors (Lipinski definition) is 1. The second kappa shape index (κ2) is 8.80. The summed E-state index contributed by atoms with van der Waals surface area (Å²) in [4.78, 5) is 37.6. The number of rotatable bonds is 9. The van der Waals surface area contributed by atoms with Gasteiger partial charge in [0.15, 0.2) is 5.78 Å². The minimum Gasteiger partial charge on any atom is -0.497 e. The maximum atomic E-state index is 12.3. The first-order valence-corrected chi connectivity index (χ1v) is 8.59. The molecule has 1 N–H and O–H groups in total. The van der Waals surface area contributed by atoms with Crippen molar-refractivity contribution in [3.63, 3.8) is 0 Å². The number of carbonyl (C=O) groups is 3. The number of hydrogen-bond acceptors (Lipinski definition) is 5. The van der Waals surface area contributed by atoms with Crippen molar-refractivity contribution in [2.24, 2.45) is 5.41 Å². The molecule has 0 aromatic heterocycles. The number of aliphatic carboxylic acids is 1. The number of ether oxygens (including phenoxy) is 2. The first-order chi connectivity index (χ1) is 12.4. The Bertz CT molecular complexity index is 656. The molecular formula is C19H25NO6. The van der Waals surface area contributed by atoms with Gasteiger partial charge < -0.3 is 19.5 Å². The average molecular weight is 363 g/mol. The SMILES string of the molecule is COCC1(C(=O)O)CCN(C(=O)CCCC(=O)c2ccc(OC)cc2)C1. The van der Waals surface area contributed by atoms with Crippen molar-refractivity contribution in [2.75, 3.05) is 33.9 Å². The Labute approximate surface area is 152 Å². The van der Waals surface area contributed by atoms with Crippen LogP contribution in [0, 0.1) is 5.41 Å². The molecule has 1 amide bonds. The van der Waals surface area contributed by atoms with Crippen LogP contribution in [0.25, 0.3) is 0 Å². The maximum absolute atomic E-state index is 12.3. The Morgan fingerprint density at radius 1 is 1.15 bits per heavy atom.